The van der Waals surface area contributed by atoms with Crippen LogP contribution in [-0.4, -0.2) is 76.2 Å². The van der Waals surface area contributed by atoms with Crippen LogP contribution in [0.5, 0.6) is 11.5 Å². The van der Waals surface area contributed by atoms with E-state index in [9.17, 15) is 41.0 Å². The second kappa shape index (κ2) is 15.6. The molecule has 4 heterocycles. The first-order valence-electron chi connectivity index (χ1n) is 17.3. The maximum Gasteiger partial charge on any atom is 0.425 e. The van der Waals surface area contributed by atoms with Gasteiger partial charge in [-0.1, -0.05) is 45.4 Å². The summed E-state index contributed by atoms with van der Waals surface area (Å²) in [7, 11) is 0. The largest absolute Gasteiger partial charge is 0.493 e. The SMILES string of the molecule is CCC[C@H]1N(C(=O)c2ncccc2C(F)(F)F)CCC[C@@]1(Oc1csc(C(F)(F)F)c1)C(=O)N1CCC(c2ccccc2OCC(C)(C)CO)CC1. The van der Waals surface area contributed by atoms with E-state index in [0.717, 1.165) is 35.3 Å². The van der Waals surface area contributed by atoms with Crippen LogP contribution in [0.25, 0.3) is 0 Å². The minimum atomic E-state index is -4.88. The van der Waals surface area contributed by atoms with Crippen molar-refractivity contribution < 1.29 is 50.5 Å². The molecule has 5 rings (SSSR count). The van der Waals surface area contributed by atoms with Crippen molar-refractivity contribution in [1.82, 2.24) is 14.8 Å². The van der Waals surface area contributed by atoms with E-state index in [4.69, 9.17) is 9.47 Å². The first kappa shape index (κ1) is 39.4. The van der Waals surface area contributed by atoms with Crippen molar-refractivity contribution in [3.8, 4) is 11.5 Å². The van der Waals surface area contributed by atoms with Crippen LogP contribution in [0.15, 0.2) is 54.0 Å². The third-order valence-electron chi connectivity index (χ3n) is 9.70. The quantitative estimate of drug-likeness (QED) is 0.199. The average Bonchev–Trinajstić information content (AvgIpc) is 3.60. The van der Waals surface area contributed by atoms with Gasteiger partial charge in [0, 0.05) is 49.1 Å². The highest BCUT2D eigenvalue weighted by atomic mass is 32.1. The van der Waals surface area contributed by atoms with Gasteiger partial charge in [-0.3, -0.25) is 14.6 Å². The van der Waals surface area contributed by atoms with Crippen LogP contribution in [0.3, 0.4) is 0 Å². The normalized spacial score (nSPS) is 20.5. The minimum Gasteiger partial charge on any atom is -0.493 e. The van der Waals surface area contributed by atoms with E-state index in [0.29, 0.717) is 36.3 Å². The van der Waals surface area contributed by atoms with Gasteiger partial charge in [-0.15, -0.1) is 11.3 Å². The number of hydrogen-bond donors (Lipinski definition) is 1. The van der Waals surface area contributed by atoms with E-state index in [2.05, 4.69) is 4.98 Å². The number of piperidine rings is 2. The third kappa shape index (κ3) is 8.51. The molecule has 2 atom stereocenters. The van der Waals surface area contributed by atoms with Gasteiger partial charge in [0.15, 0.2) is 0 Å². The molecular formula is C37H43F6N3O5S. The van der Waals surface area contributed by atoms with Crippen molar-refractivity contribution >= 4 is 23.2 Å². The molecular weight excluding hydrogens is 712 g/mol. The summed E-state index contributed by atoms with van der Waals surface area (Å²) in [6.07, 6.45) is -6.72. The van der Waals surface area contributed by atoms with Gasteiger partial charge in [0.2, 0.25) is 5.60 Å². The Bertz CT molecular complexity index is 1700. The van der Waals surface area contributed by atoms with Gasteiger partial charge in [0.05, 0.1) is 24.8 Å². The fourth-order valence-corrected chi connectivity index (χ4v) is 7.68. The Balaban J connectivity index is 1.47. The number of rotatable bonds is 11. The standard InChI is InChI=1S/C37H43F6N3O5S/c1-4-9-29-35(51-25-20-30(52-21-25)37(41,42)43,15-8-17-46(29)32(48)31-27(36(38,39)40)11-7-16-44-31)33(49)45-18-13-24(14-19-45)26-10-5-6-12-28(26)50-23-34(2,3)22-47/h5-7,10-12,16,20-21,24,29,47H,4,8-9,13-15,17-19,22-23H2,1-3H3/t29-,35+/m1/s1. The molecule has 284 valence electrons. The lowest BCUT2D eigenvalue weighted by atomic mass is 9.79. The van der Waals surface area contributed by atoms with Crippen molar-refractivity contribution in [3.63, 3.8) is 0 Å². The molecule has 0 aliphatic carbocycles. The lowest BCUT2D eigenvalue weighted by Crippen LogP contribution is -2.68. The number of carbonyl (C=O) groups is 2. The number of aliphatic hydroxyl groups excluding tert-OH is 1. The topological polar surface area (TPSA) is 92.2 Å². The summed E-state index contributed by atoms with van der Waals surface area (Å²) < 4.78 is 95.5. The van der Waals surface area contributed by atoms with E-state index in [1.54, 1.807) is 11.8 Å². The Kier molecular flexibility index (Phi) is 11.8. The molecule has 52 heavy (non-hydrogen) atoms. The van der Waals surface area contributed by atoms with Crippen LogP contribution in [0.4, 0.5) is 26.3 Å². The molecule has 0 saturated carbocycles. The number of aromatic nitrogens is 1. The number of pyridine rings is 1. The zero-order chi connectivity index (χ0) is 37.9. The van der Waals surface area contributed by atoms with Gasteiger partial charge in [0.1, 0.15) is 22.1 Å². The number of aliphatic hydroxyl groups is 1. The molecule has 15 heteroatoms. The summed E-state index contributed by atoms with van der Waals surface area (Å²) in [6, 6.07) is 9.10. The highest BCUT2D eigenvalue weighted by molar-refractivity contribution is 7.10. The summed E-state index contributed by atoms with van der Waals surface area (Å²) in [5.41, 5.74) is -3.45. The highest BCUT2D eigenvalue weighted by Gasteiger charge is 2.56. The minimum absolute atomic E-state index is 0.000849. The molecule has 2 amide bonds. The Morgan fingerprint density at radius 1 is 1.02 bits per heavy atom. The number of halogens is 6. The van der Waals surface area contributed by atoms with Crippen LogP contribution < -0.4 is 9.47 Å². The van der Waals surface area contributed by atoms with Crippen molar-refractivity contribution in [1.29, 1.82) is 0 Å². The maximum absolute atomic E-state index is 14.9. The third-order valence-corrected chi connectivity index (χ3v) is 10.7. The van der Waals surface area contributed by atoms with Crippen LogP contribution >= 0.6 is 11.3 Å². The summed E-state index contributed by atoms with van der Waals surface area (Å²) in [4.78, 5) is 34.5. The molecule has 2 aromatic heterocycles. The number of hydrogen-bond acceptors (Lipinski definition) is 7. The maximum atomic E-state index is 14.9. The Hall–Kier alpha value is -3.85. The Morgan fingerprint density at radius 3 is 2.37 bits per heavy atom. The summed E-state index contributed by atoms with van der Waals surface area (Å²) in [6.45, 7) is 6.29. The van der Waals surface area contributed by atoms with Crippen LogP contribution in [0.1, 0.15) is 91.7 Å². The number of thiophene rings is 1. The molecule has 0 spiro atoms. The Labute approximate surface area is 302 Å². The number of ether oxygens (including phenoxy) is 2. The Morgan fingerprint density at radius 2 is 1.73 bits per heavy atom. The molecule has 2 saturated heterocycles. The number of amides is 2. The number of nitrogens with zero attached hydrogens (tertiary/aromatic N) is 3. The smallest absolute Gasteiger partial charge is 0.425 e. The molecule has 3 aromatic rings. The van der Waals surface area contributed by atoms with Crippen LogP contribution in [-0.2, 0) is 17.1 Å². The lowest BCUT2D eigenvalue weighted by molar-refractivity contribution is -0.160. The van der Waals surface area contributed by atoms with Gasteiger partial charge in [-0.25, -0.2) is 0 Å². The molecule has 2 aliphatic rings. The molecule has 0 unspecified atom stereocenters. The van der Waals surface area contributed by atoms with E-state index in [-0.39, 0.29) is 63.8 Å². The first-order valence-corrected chi connectivity index (χ1v) is 18.2. The van der Waals surface area contributed by atoms with Crippen LogP contribution in [0.2, 0.25) is 0 Å². The lowest BCUT2D eigenvalue weighted by Gasteiger charge is -2.50. The van der Waals surface area contributed by atoms with Crippen molar-refractivity contribution in [2.75, 3.05) is 32.8 Å². The predicted octanol–water partition coefficient (Wildman–Crippen LogP) is 8.21. The average molecular weight is 756 g/mol. The first-order chi connectivity index (χ1) is 24.5. The zero-order valence-corrected chi connectivity index (χ0v) is 30.0. The fraction of sp³-hybridized carbons (Fsp3) is 0.541. The molecule has 0 bridgehead atoms. The zero-order valence-electron chi connectivity index (χ0n) is 29.2. The number of likely N-dealkylation sites (tertiary alicyclic amines) is 2. The van der Waals surface area contributed by atoms with E-state index in [1.165, 1.54) is 4.90 Å². The van der Waals surface area contributed by atoms with Crippen molar-refractivity contribution in [2.45, 2.75) is 89.2 Å². The summed E-state index contributed by atoms with van der Waals surface area (Å²) >= 11 is 0.404. The molecule has 8 nitrogen and oxygen atoms in total. The van der Waals surface area contributed by atoms with Gasteiger partial charge in [-0.2, -0.15) is 26.3 Å². The van der Waals surface area contributed by atoms with E-state index >= 15 is 0 Å². The van der Waals surface area contributed by atoms with Gasteiger partial charge in [-0.05, 0) is 55.4 Å². The van der Waals surface area contributed by atoms with E-state index < -0.39 is 57.4 Å². The second-order valence-corrected chi connectivity index (χ2v) is 15.1. The summed E-state index contributed by atoms with van der Waals surface area (Å²) in [5.74, 6) is -1.10. The number of carbonyl (C=O) groups excluding carboxylic acids is 2. The monoisotopic (exact) mass is 755 g/mol. The number of alkyl halides is 6. The number of benzene rings is 1. The molecule has 2 aliphatic heterocycles. The molecule has 0 radical (unpaired) electrons. The van der Waals surface area contributed by atoms with E-state index in [1.807, 2.05) is 38.1 Å². The van der Waals surface area contributed by atoms with Crippen molar-refractivity contribution in [2.24, 2.45) is 5.41 Å². The molecule has 1 N–H and O–H groups in total. The van der Waals surface area contributed by atoms with Gasteiger partial charge < -0.3 is 24.4 Å². The number of para-hydroxylation sites is 1. The molecule has 2 fully saturated rings. The predicted molar refractivity (Wildman–Crippen MR) is 182 cm³/mol. The summed E-state index contributed by atoms with van der Waals surface area (Å²) in [5, 5.41) is 10.8. The van der Waals surface area contributed by atoms with Crippen LogP contribution in [0, 0.1) is 5.41 Å². The van der Waals surface area contributed by atoms with Gasteiger partial charge in [0.25, 0.3) is 11.8 Å². The fourth-order valence-electron chi connectivity index (χ4n) is 7.00. The molecule has 1 aromatic carbocycles. The highest BCUT2D eigenvalue weighted by Crippen LogP contribution is 2.44. The van der Waals surface area contributed by atoms with Crippen molar-refractivity contribution in [3.05, 3.63) is 75.7 Å². The second-order valence-electron chi connectivity index (χ2n) is 14.2. The van der Waals surface area contributed by atoms with Gasteiger partial charge >= 0.3 is 12.4 Å².